The molecule has 1 atom stereocenters. The molecule has 1 aromatic carbocycles. The molecule has 1 aliphatic heterocycles. The van der Waals surface area contributed by atoms with E-state index < -0.39 is 28.0 Å². The van der Waals surface area contributed by atoms with E-state index in [1.165, 1.54) is 33.3 Å². The van der Waals surface area contributed by atoms with E-state index >= 15 is 0 Å². The van der Waals surface area contributed by atoms with E-state index in [1.807, 2.05) is 4.90 Å². The van der Waals surface area contributed by atoms with Crippen LogP contribution in [0.1, 0.15) is 23.2 Å². The highest BCUT2D eigenvalue weighted by molar-refractivity contribution is 7.89. The third kappa shape index (κ3) is 4.76. The third-order valence-corrected chi connectivity index (χ3v) is 6.26. The number of carboxylic acids is 1. The maximum absolute atomic E-state index is 12.7. The van der Waals surface area contributed by atoms with E-state index in [0.29, 0.717) is 5.69 Å². The molecule has 10 heteroatoms. The van der Waals surface area contributed by atoms with Gasteiger partial charge in [-0.25, -0.2) is 17.5 Å². The predicted molar refractivity (Wildman–Crippen MR) is 99.5 cm³/mol. The Bertz CT molecular complexity index is 803. The molecule has 1 fully saturated rings. The summed E-state index contributed by atoms with van der Waals surface area (Å²) in [5.74, 6) is -1.74. The van der Waals surface area contributed by atoms with Crippen molar-refractivity contribution in [2.45, 2.75) is 23.8 Å². The molecule has 0 aromatic heterocycles. The lowest BCUT2D eigenvalue weighted by Gasteiger charge is -2.22. The molecule has 0 spiro atoms. The zero-order chi connectivity index (χ0) is 20.2. The Kier molecular flexibility index (Phi) is 6.79. The highest BCUT2D eigenvalue weighted by atomic mass is 32.2. The predicted octanol–water partition coefficient (Wildman–Crippen LogP) is 0.367. The number of ether oxygens (including phenoxy) is 1. The van der Waals surface area contributed by atoms with Gasteiger partial charge in [-0.3, -0.25) is 4.79 Å². The van der Waals surface area contributed by atoms with Crippen LogP contribution in [-0.4, -0.2) is 76.6 Å². The minimum atomic E-state index is -3.71. The van der Waals surface area contributed by atoms with E-state index in [0.717, 1.165) is 30.2 Å². The molecular weight excluding hydrogens is 374 g/mol. The highest BCUT2D eigenvalue weighted by Gasteiger charge is 2.25. The first-order chi connectivity index (χ1) is 12.7. The molecule has 1 heterocycles. The minimum Gasteiger partial charge on any atom is -0.479 e. The Morgan fingerprint density at radius 3 is 2.44 bits per heavy atom. The molecule has 1 aromatic rings. The molecule has 2 rings (SSSR count). The Morgan fingerprint density at radius 2 is 1.93 bits per heavy atom. The van der Waals surface area contributed by atoms with E-state index in [-0.39, 0.29) is 17.0 Å². The summed E-state index contributed by atoms with van der Waals surface area (Å²) in [5.41, 5.74) is 0.826. The largest absolute Gasteiger partial charge is 0.479 e. The summed E-state index contributed by atoms with van der Waals surface area (Å²) in [5, 5.41) is 11.5. The Balaban J connectivity index is 2.37. The second-order valence-corrected chi connectivity index (χ2v) is 8.58. The molecule has 1 unspecified atom stereocenters. The molecule has 150 valence electrons. The second-order valence-electron chi connectivity index (χ2n) is 6.43. The molecule has 1 saturated heterocycles. The van der Waals surface area contributed by atoms with E-state index in [1.54, 1.807) is 6.07 Å². The van der Waals surface area contributed by atoms with Gasteiger partial charge in [0, 0.05) is 40.0 Å². The summed E-state index contributed by atoms with van der Waals surface area (Å²) in [7, 11) is 0.367. The van der Waals surface area contributed by atoms with E-state index in [9.17, 15) is 18.0 Å². The van der Waals surface area contributed by atoms with Crippen molar-refractivity contribution in [3.8, 4) is 0 Å². The van der Waals surface area contributed by atoms with Gasteiger partial charge in [-0.2, -0.15) is 0 Å². The van der Waals surface area contributed by atoms with Crippen LogP contribution in [0.4, 0.5) is 5.69 Å². The Hall–Kier alpha value is -2.17. The first-order valence-electron chi connectivity index (χ1n) is 8.53. The maximum atomic E-state index is 12.7. The topological polar surface area (TPSA) is 116 Å². The van der Waals surface area contributed by atoms with Crippen molar-refractivity contribution in [3.05, 3.63) is 23.8 Å². The molecule has 1 amide bonds. The normalized spacial score (nSPS) is 15.8. The van der Waals surface area contributed by atoms with Crippen molar-refractivity contribution in [3.63, 3.8) is 0 Å². The summed E-state index contributed by atoms with van der Waals surface area (Å²) in [6.45, 7) is 1.32. The van der Waals surface area contributed by atoms with Gasteiger partial charge in [0.25, 0.3) is 5.91 Å². The number of carbonyl (C=O) groups excluding carboxylic acids is 1. The number of benzene rings is 1. The van der Waals surface area contributed by atoms with Crippen molar-refractivity contribution in [1.29, 1.82) is 0 Å². The van der Waals surface area contributed by atoms with Crippen LogP contribution in [-0.2, 0) is 19.6 Å². The summed E-state index contributed by atoms with van der Waals surface area (Å²) in [4.78, 5) is 25.8. The number of anilines is 1. The number of carbonyl (C=O) groups is 2. The monoisotopic (exact) mass is 399 g/mol. The molecule has 27 heavy (non-hydrogen) atoms. The van der Waals surface area contributed by atoms with Gasteiger partial charge in [0.1, 0.15) is 0 Å². The number of sulfonamides is 1. The third-order valence-electron chi connectivity index (χ3n) is 4.45. The lowest BCUT2D eigenvalue weighted by atomic mass is 10.1. The molecule has 2 N–H and O–H groups in total. The van der Waals surface area contributed by atoms with Crippen LogP contribution < -0.4 is 10.2 Å². The van der Waals surface area contributed by atoms with Crippen molar-refractivity contribution in [2.24, 2.45) is 0 Å². The van der Waals surface area contributed by atoms with Gasteiger partial charge in [0.2, 0.25) is 10.0 Å². The van der Waals surface area contributed by atoms with Gasteiger partial charge < -0.3 is 20.1 Å². The first kappa shape index (κ1) is 21.1. The van der Waals surface area contributed by atoms with Crippen molar-refractivity contribution in [1.82, 2.24) is 9.62 Å². The van der Waals surface area contributed by atoms with Crippen LogP contribution >= 0.6 is 0 Å². The van der Waals surface area contributed by atoms with Gasteiger partial charge in [0.05, 0.1) is 17.0 Å². The van der Waals surface area contributed by atoms with Gasteiger partial charge in [-0.05, 0) is 31.0 Å². The maximum Gasteiger partial charge on any atom is 0.334 e. The fourth-order valence-electron chi connectivity index (χ4n) is 2.85. The van der Waals surface area contributed by atoms with E-state index in [2.05, 4.69) is 5.32 Å². The molecule has 0 saturated carbocycles. The number of nitrogens with zero attached hydrogens (tertiary/aromatic N) is 2. The number of nitrogens with one attached hydrogen (secondary N) is 1. The zero-order valence-corrected chi connectivity index (χ0v) is 16.5. The number of hydrogen-bond acceptors (Lipinski definition) is 6. The second kappa shape index (κ2) is 8.68. The summed E-state index contributed by atoms with van der Waals surface area (Å²) < 4.78 is 30.7. The summed E-state index contributed by atoms with van der Waals surface area (Å²) in [6.07, 6.45) is 0.797. The minimum absolute atomic E-state index is 0.00197. The SMILES string of the molecule is COC(CNC(=O)c1cc(S(=O)(=O)N(C)C)ccc1N1CCCC1)C(=O)O. The van der Waals surface area contributed by atoms with Crippen molar-refractivity contribution < 1.29 is 27.9 Å². The average molecular weight is 399 g/mol. The van der Waals surface area contributed by atoms with Crippen LogP contribution in [0.3, 0.4) is 0 Å². The van der Waals surface area contributed by atoms with E-state index in [4.69, 9.17) is 9.84 Å². The molecule has 9 nitrogen and oxygen atoms in total. The molecule has 1 aliphatic rings. The number of rotatable bonds is 8. The quantitative estimate of drug-likeness (QED) is 0.648. The standard InChI is InChI=1S/C17H25N3O6S/c1-19(2)27(24,25)12-6-7-14(20-8-4-5-9-20)13(10-12)16(21)18-11-15(26-3)17(22)23/h6-7,10,15H,4-5,8-9,11H2,1-3H3,(H,18,21)(H,22,23). The van der Waals surface area contributed by atoms with Crippen LogP contribution in [0.25, 0.3) is 0 Å². The van der Waals surface area contributed by atoms with Crippen LogP contribution in [0.5, 0.6) is 0 Å². The molecule has 0 bridgehead atoms. The molecule has 0 aliphatic carbocycles. The first-order valence-corrected chi connectivity index (χ1v) is 9.97. The summed E-state index contributed by atoms with van der Waals surface area (Å²) in [6, 6.07) is 4.44. The zero-order valence-electron chi connectivity index (χ0n) is 15.6. The number of carboxylic acid groups (broad SMARTS) is 1. The van der Waals surface area contributed by atoms with Gasteiger partial charge in [0.15, 0.2) is 6.10 Å². The summed E-state index contributed by atoms with van der Waals surface area (Å²) >= 11 is 0. The van der Waals surface area contributed by atoms with Gasteiger partial charge >= 0.3 is 5.97 Å². The Labute approximate surface area is 159 Å². The smallest absolute Gasteiger partial charge is 0.334 e. The molecule has 0 radical (unpaired) electrons. The number of amides is 1. The van der Waals surface area contributed by atoms with Crippen LogP contribution in [0, 0.1) is 0 Å². The Morgan fingerprint density at radius 1 is 1.30 bits per heavy atom. The number of methoxy groups -OCH3 is 1. The van der Waals surface area contributed by atoms with Gasteiger partial charge in [-0.1, -0.05) is 0 Å². The van der Waals surface area contributed by atoms with Crippen LogP contribution in [0.15, 0.2) is 23.1 Å². The number of aliphatic carboxylic acids is 1. The van der Waals surface area contributed by atoms with Gasteiger partial charge in [-0.15, -0.1) is 0 Å². The lowest BCUT2D eigenvalue weighted by Crippen LogP contribution is -2.38. The van der Waals surface area contributed by atoms with Crippen LogP contribution in [0.2, 0.25) is 0 Å². The van der Waals surface area contributed by atoms with Crippen molar-refractivity contribution in [2.75, 3.05) is 45.7 Å². The fraction of sp³-hybridized carbons (Fsp3) is 0.529. The molecular formula is C17H25N3O6S. The highest BCUT2D eigenvalue weighted by Crippen LogP contribution is 2.28. The average Bonchev–Trinajstić information content (AvgIpc) is 3.15. The fourth-order valence-corrected chi connectivity index (χ4v) is 3.78. The lowest BCUT2D eigenvalue weighted by molar-refractivity contribution is -0.148. The van der Waals surface area contributed by atoms with Crippen molar-refractivity contribution >= 4 is 27.6 Å². The number of hydrogen-bond donors (Lipinski definition) is 2.